The molecule has 5 aliphatic rings. The second kappa shape index (κ2) is 9.08. The predicted molar refractivity (Wildman–Crippen MR) is 127 cm³/mol. The van der Waals surface area contributed by atoms with Gasteiger partial charge in [-0.15, -0.1) is 23.5 Å². The van der Waals surface area contributed by atoms with E-state index < -0.39 is 0 Å². The molecular weight excluding hydrogens is 396 g/mol. The van der Waals surface area contributed by atoms with Gasteiger partial charge in [0.25, 0.3) is 0 Å². The van der Waals surface area contributed by atoms with E-state index in [0.717, 1.165) is 48.2 Å². The summed E-state index contributed by atoms with van der Waals surface area (Å²) in [6.07, 6.45) is 15.8. The lowest BCUT2D eigenvalue weighted by Crippen LogP contribution is -2.50. The van der Waals surface area contributed by atoms with Gasteiger partial charge in [0, 0.05) is 7.11 Å². The molecule has 1 saturated heterocycles. The van der Waals surface area contributed by atoms with Crippen molar-refractivity contribution < 1.29 is 10.2 Å². The Morgan fingerprint density at radius 1 is 1.00 bits per heavy atom. The van der Waals surface area contributed by atoms with Crippen LogP contribution in [0, 0.1) is 34.5 Å². The van der Waals surface area contributed by atoms with E-state index in [2.05, 4.69) is 43.4 Å². The van der Waals surface area contributed by atoms with E-state index in [0.29, 0.717) is 10.8 Å². The van der Waals surface area contributed by atoms with Gasteiger partial charge < -0.3 is 10.2 Å². The molecule has 5 rings (SSSR count). The molecule has 0 aromatic rings. The van der Waals surface area contributed by atoms with E-state index in [9.17, 15) is 5.11 Å². The van der Waals surface area contributed by atoms with E-state index in [4.69, 9.17) is 5.11 Å². The van der Waals surface area contributed by atoms with E-state index in [1.807, 2.05) is 0 Å². The summed E-state index contributed by atoms with van der Waals surface area (Å²) in [5.41, 5.74) is 2.63. The number of fused-ring (bicyclic) bond motifs is 5. The van der Waals surface area contributed by atoms with Crippen LogP contribution in [0.4, 0.5) is 0 Å². The second-order valence-electron chi connectivity index (χ2n) is 10.7. The largest absolute Gasteiger partial charge is 0.400 e. The first kappa shape index (κ1) is 22.6. The normalized spacial score (nSPS) is 47.2. The molecule has 4 aliphatic carbocycles. The first-order chi connectivity index (χ1) is 14.0. The molecule has 4 fully saturated rings. The molecule has 1 heterocycles. The number of hydrogen-bond acceptors (Lipinski definition) is 4. The molecule has 0 aromatic carbocycles. The summed E-state index contributed by atoms with van der Waals surface area (Å²) in [5.74, 6) is 6.53. The van der Waals surface area contributed by atoms with Crippen molar-refractivity contribution in [2.45, 2.75) is 88.7 Å². The average Bonchev–Trinajstić information content (AvgIpc) is 3.07. The first-order valence-electron chi connectivity index (χ1n) is 12.1. The third-order valence-corrected chi connectivity index (χ3v) is 12.6. The molecule has 0 amide bonds. The zero-order valence-electron chi connectivity index (χ0n) is 18.7. The summed E-state index contributed by atoms with van der Waals surface area (Å²) in [7, 11) is 1.00. The average molecular weight is 439 g/mol. The Balaban J connectivity index is 0.000000994. The quantitative estimate of drug-likeness (QED) is 0.509. The van der Waals surface area contributed by atoms with Gasteiger partial charge in [0.2, 0.25) is 0 Å². The van der Waals surface area contributed by atoms with Gasteiger partial charge in [-0.25, -0.2) is 0 Å². The third kappa shape index (κ3) is 3.98. The number of aliphatic hydroxyl groups is 2. The molecule has 166 valence electrons. The highest BCUT2D eigenvalue weighted by atomic mass is 32.2. The molecule has 2 N–H and O–H groups in total. The molecule has 1 aliphatic heterocycles. The highest BCUT2D eigenvalue weighted by Crippen LogP contribution is 2.67. The van der Waals surface area contributed by atoms with Gasteiger partial charge in [0.05, 0.1) is 10.7 Å². The molecule has 7 unspecified atom stereocenters. The monoisotopic (exact) mass is 438 g/mol. The van der Waals surface area contributed by atoms with E-state index in [1.165, 1.54) is 62.9 Å². The lowest BCUT2D eigenvalue weighted by Gasteiger charge is -2.58. The maximum atomic E-state index is 10.2. The van der Waals surface area contributed by atoms with Crippen LogP contribution >= 0.6 is 23.5 Å². The summed E-state index contributed by atoms with van der Waals surface area (Å²) in [6, 6.07) is 0. The Kier molecular flexibility index (Phi) is 7.06. The molecule has 7 atom stereocenters. The minimum absolute atomic E-state index is 0.0731. The number of hydrogen-bond donors (Lipinski definition) is 2. The lowest BCUT2D eigenvalue weighted by atomic mass is 9.47. The second-order valence-corrected chi connectivity index (χ2v) is 13.7. The van der Waals surface area contributed by atoms with E-state index in [-0.39, 0.29) is 6.10 Å². The van der Waals surface area contributed by atoms with Gasteiger partial charge in [-0.05, 0) is 110 Å². The van der Waals surface area contributed by atoms with Crippen molar-refractivity contribution in [1.82, 2.24) is 0 Å². The number of aliphatic hydroxyl groups excluding tert-OH is 2. The molecule has 29 heavy (non-hydrogen) atoms. The zero-order valence-corrected chi connectivity index (χ0v) is 20.4. The molecular formula is C25H42O2S2. The Hall–Kier alpha value is 0.360. The van der Waals surface area contributed by atoms with Crippen molar-refractivity contribution in [3.63, 3.8) is 0 Å². The minimum Gasteiger partial charge on any atom is -0.400 e. The van der Waals surface area contributed by atoms with Crippen LogP contribution in [0.25, 0.3) is 0 Å². The molecule has 0 bridgehead atoms. The molecule has 0 aromatic heterocycles. The zero-order chi connectivity index (χ0) is 20.6. The smallest absolute Gasteiger partial charge is 0.0577 e. The Morgan fingerprint density at radius 3 is 2.52 bits per heavy atom. The van der Waals surface area contributed by atoms with Crippen molar-refractivity contribution in [2.24, 2.45) is 34.5 Å². The topological polar surface area (TPSA) is 40.5 Å². The van der Waals surface area contributed by atoms with Gasteiger partial charge in [0.15, 0.2) is 0 Å². The number of thioether (sulfide) groups is 2. The highest BCUT2D eigenvalue weighted by molar-refractivity contribution is 8.17. The van der Waals surface area contributed by atoms with Crippen molar-refractivity contribution in [3.8, 4) is 0 Å². The summed E-state index contributed by atoms with van der Waals surface area (Å²) >= 11 is 4.51. The van der Waals surface area contributed by atoms with Crippen molar-refractivity contribution >= 4 is 23.5 Å². The van der Waals surface area contributed by atoms with Crippen LogP contribution in [0.5, 0.6) is 0 Å². The van der Waals surface area contributed by atoms with Crippen LogP contribution in [-0.4, -0.2) is 39.5 Å². The SMILES string of the molecule is CC12CCC(O)CC1=CCC1C2CCC2(C)C(CC3SCCCS3)CCC12.CO. The van der Waals surface area contributed by atoms with Crippen molar-refractivity contribution in [2.75, 3.05) is 18.6 Å². The number of allylic oxidation sites excluding steroid dienone is 1. The van der Waals surface area contributed by atoms with E-state index in [1.54, 1.807) is 5.57 Å². The summed E-state index contributed by atoms with van der Waals surface area (Å²) in [5, 5.41) is 17.2. The van der Waals surface area contributed by atoms with Gasteiger partial charge in [0.1, 0.15) is 0 Å². The Bertz CT molecular complexity index is 602. The van der Waals surface area contributed by atoms with Crippen LogP contribution < -0.4 is 0 Å². The Labute approximate surface area is 187 Å². The molecule has 0 radical (unpaired) electrons. The van der Waals surface area contributed by atoms with Crippen LogP contribution in [0.2, 0.25) is 0 Å². The Morgan fingerprint density at radius 2 is 1.76 bits per heavy atom. The fraction of sp³-hybridized carbons (Fsp3) is 0.920. The summed E-state index contributed by atoms with van der Waals surface area (Å²) in [6.45, 7) is 5.25. The lowest BCUT2D eigenvalue weighted by molar-refractivity contribution is -0.0501. The summed E-state index contributed by atoms with van der Waals surface area (Å²) < 4.78 is 0.882. The summed E-state index contributed by atoms with van der Waals surface area (Å²) in [4.78, 5) is 0. The molecule has 0 spiro atoms. The van der Waals surface area contributed by atoms with Gasteiger partial charge >= 0.3 is 0 Å². The third-order valence-electron chi connectivity index (χ3n) is 9.65. The van der Waals surface area contributed by atoms with Gasteiger partial charge in [-0.2, -0.15) is 0 Å². The minimum atomic E-state index is -0.0731. The first-order valence-corrected chi connectivity index (χ1v) is 14.2. The van der Waals surface area contributed by atoms with Gasteiger partial charge in [-0.3, -0.25) is 0 Å². The fourth-order valence-corrected chi connectivity index (χ4v) is 11.1. The fourth-order valence-electron chi connectivity index (χ4n) is 8.04. The maximum Gasteiger partial charge on any atom is 0.0577 e. The number of rotatable bonds is 2. The van der Waals surface area contributed by atoms with Crippen LogP contribution in [0.1, 0.15) is 78.1 Å². The molecule has 3 saturated carbocycles. The predicted octanol–water partition coefficient (Wildman–Crippen LogP) is 6.12. The maximum absolute atomic E-state index is 10.2. The van der Waals surface area contributed by atoms with Crippen LogP contribution in [0.3, 0.4) is 0 Å². The molecule has 4 heteroatoms. The van der Waals surface area contributed by atoms with Gasteiger partial charge in [-0.1, -0.05) is 25.5 Å². The van der Waals surface area contributed by atoms with Crippen molar-refractivity contribution in [1.29, 1.82) is 0 Å². The van der Waals surface area contributed by atoms with E-state index >= 15 is 0 Å². The standard InChI is InChI=1S/C24H38OS2.CH4O/c1-23-10-8-18(25)14-16(23)4-6-19-20-7-5-17(15-22-26-12-3-13-27-22)24(20,2)11-9-21(19)23;1-2/h4,17-22,25H,3,5-15H2,1-2H3;2H,1H3. The highest BCUT2D eigenvalue weighted by Gasteiger charge is 2.58. The van der Waals surface area contributed by atoms with Crippen LogP contribution in [-0.2, 0) is 0 Å². The van der Waals surface area contributed by atoms with Crippen LogP contribution in [0.15, 0.2) is 11.6 Å². The van der Waals surface area contributed by atoms with Crippen molar-refractivity contribution in [3.05, 3.63) is 11.6 Å². The molecule has 2 nitrogen and oxygen atoms in total.